The lowest BCUT2D eigenvalue weighted by Crippen LogP contribution is -2.12. The predicted octanol–water partition coefficient (Wildman–Crippen LogP) is 4.57. The summed E-state index contributed by atoms with van der Waals surface area (Å²) in [6, 6.07) is 4.15. The molecule has 0 aliphatic carbocycles. The number of hydrogen-bond donors (Lipinski definition) is 0. The Morgan fingerprint density at radius 2 is 1.61 bits per heavy atom. The Morgan fingerprint density at radius 3 is 2.17 bits per heavy atom. The van der Waals surface area contributed by atoms with E-state index in [0.717, 1.165) is 11.1 Å². The molecule has 100 valence electrons. The normalized spacial score (nSPS) is 12.8. The third-order valence-corrected chi connectivity index (χ3v) is 5.06. The number of hydrogen-bond acceptors (Lipinski definition) is 2. The van der Waals surface area contributed by atoms with E-state index in [4.69, 9.17) is 0 Å². The number of benzene rings is 1. The van der Waals surface area contributed by atoms with E-state index in [9.17, 15) is 4.79 Å². The van der Waals surface area contributed by atoms with Crippen molar-refractivity contribution < 1.29 is 4.79 Å². The molecule has 0 amide bonds. The highest BCUT2D eigenvalue weighted by molar-refractivity contribution is 8.00. The molecule has 0 saturated heterocycles. The van der Waals surface area contributed by atoms with Crippen molar-refractivity contribution in [1.82, 2.24) is 0 Å². The lowest BCUT2D eigenvalue weighted by Gasteiger charge is -2.15. The number of carbonyl (C=O) groups excluding carboxylic acids is 1. The van der Waals surface area contributed by atoms with E-state index in [0.29, 0.717) is 16.9 Å². The summed E-state index contributed by atoms with van der Waals surface area (Å²) in [5, 5.41) is 0.529. The lowest BCUT2D eigenvalue weighted by atomic mass is 9.99. The van der Waals surface area contributed by atoms with Crippen molar-refractivity contribution in [1.29, 1.82) is 0 Å². The predicted molar refractivity (Wildman–Crippen MR) is 81.7 cm³/mol. The monoisotopic (exact) mass is 264 g/mol. The van der Waals surface area contributed by atoms with Crippen molar-refractivity contribution in [3.8, 4) is 0 Å². The first-order chi connectivity index (χ1) is 8.32. The maximum atomic E-state index is 12.2. The first-order valence-electron chi connectivity index (χ1n) is 6.55. The van der Waals surface area contributed by atoms with Crippen LogP contribution in [0.5, 0.6) is 0 Å². The summed E-state index contributed by atoms with van der Waals surface area (Å²) < 4.78 is 0. The van der Waals surface area contributed by atoms with Gasteiger partial charge in [0.1, 0.15) is 0 Å². The molecule has 0 spiro atoms. The number of aryl methyl sites for hydroxylation is 3. The van der Waals surface area contributed by atoms with E-state index >= 15 is 0 Å². The van der Waals surface area contributed by atoms with Crippen molar-refractivity contribution >= 4 is 17.5 Å². The van der Waals surface area contributed by atoms with Crippen molar-refractivity contribution in [2.45, 2.75) is 46.8 Å². The van der Waals surface area contributed by atoms with Crippen LogP contribution in [0.25, 0.3) is 0 Å². The van der Waals surface area contributed by atoms with Crippen LogP contribution in [0.15, 0.2) is 12.1 Å². The molecule has 0 heterocycles. The molecule has 1 atom stereocenters. The fourth-order valence-electron chi connectivity index (χ4n) is 1.74. The third kappa shape index (κ3) is 3.88. The molecule has 1 aromatic carbocycles. The zero-order chi connectivity index (χ0) is 13.9. The van der Waals surface area contributed by atoms with Gasteiger partial charge in [0.2, 0.25) is 0 Å². The fraction of sp³-hybridized carbons (Fsp3) is 0.562. The zero-order valence-electron chi connectivity index (χ0n) is 12.3. The molecule has 1 nitrogen and oxygen atoms in total. The van der Waals surface area contributed by atoms with Gasteiger partial charge in [0.25, 0.3) is 0 Å². The molecule has 0 fully saturated rings. The molecule has 0 bridgehead atoms. The van der Waals surface area contributed by atoms with Gasteiger partial charge < -0.3 is 0 Å². The summed E-state index contributed by atoms with van der Waals surface area (Å²) in [7, 11) is 0. The molecular formula is C16H24OS. The Balaban J connectivity index is 2.76. The van der Waals surface area contributed by atoms with Gasteiger partial charge in [-0.2, -0.15) is 11.8 Å². The number of thioether (sulfide) groups is 1. The number of Topliss-reactive ketones (excluding diaryl/α,β-unsaturated/α-hetero) is 1. The fourth-order valence-corrected chi connectivity index (χ4v) is 2.69. The number of rotatable bonds is 5. The number of carbonyl (C=O) groups is 1. The van der Waals surface area contributed by atoms with E-state index in [-0.39, 0.29) is 5.78 Å². The Labute approximate surface area is 115 Å². The van der Waals surface area contributed by atoms with Gasteiger partial charge in [0, 0.05) is 10.8 Å². The van der Waals surface area contributed by atoms with Gasteiger partial charge in [0.05, 0.1) is 5.75 Å². The average Bonchev–Trinajstić information content (AvgIpc) is 2.30. The Kier molecular flexibility index (Phi) is 5.46. The average molecular weight is 264 g/mol. The summed E-state index contributed by atoms with van der Waals surface area (Å²) >= 11 is 1.76. The molecule has 2 heteroatoms. The summed E-state index contributed by atoms with van der Waals surface area (Å²) in [5.74, 6) is 1.46. The molecule has 0 radical (unpaired) electrons. The van der Waals surface area contributed by atoms with Crippen LogP contribution in [0.2, 0.25) is 0 Å². The number of ketones is 1. The summed E-state index contributed by atoms with van der Waals surface area (Å²) in [6.45, 7) is 12.8. The van der Waals surface area contributed by atoms with Gasteiger partial charge in [0.15, 0.2) is 5.78 Å². The van der Waals surface area contributed by atoms with Crippen LogP contribution in [0.1, 0.15) is 47.8 Å². The summed E-state index contributed by atoms with van der Waals surface area (Å²) in [5.41, 5.74) is 4.44. The van der Waals surface area contributed by atoms with Crippen LogP contribution < -0.4 is 0 Å². The largest absolute Gasteiger partial charge is 0.293 e. The molecule has 0 aromatic heterocycles. The lowest BCUT2D eigenvalue weighted by molar-refractivity contribution is 0.102. The molecule has 0 N–H and O–H groups in total. The first-order valence-corrected chi connectivity index (χ1v) is 7.60. The molecule has 0 saturated carbocycles. The summed E-state index contributed by atoms with van der Waals surface area (Å²) in [4.78, 5) is 12.2. The van der Waals surface area contributed by atoms with Crippen molar-refractivity contribution in [3.05, 3.63) is 34.4 Å². The van der Waals surface area contributed by atoms with Crippen molar-refractivity contribution in [2.75, 3.05) is 5.75 Å². The highest BCUT2D eigenvalue weighted by Gasteiger charge is 2.14. The van der Waals surface area contributed by atoms with Crippen LogP contribution >= 0.6 is 11.8 Å². The van der Waals surface area contributed by atoms with Gasteiger partial charge in [-0.25, -0.2) is 0 Å². The van der Waals surface area contributed by atoms with Crippen molar-refractivity contribution in [3.63, 3.8) is 0 Å². The van der Waals surface area contributed by atoms with E-state index in [2.05, 4.69) is 40.7 Å². The molecule has 0 aliphatic heterocycles. The maximum absolute atomic E-state index is 12.2. The Morgan fingerprint density at radius 1 is 1.06 bits per heavy atom. The van der Waals surface area contributed by atoms with Crippen LogP contribution in [0, 0.1) is 26.7 Å². The van der Waals surface area contributed by atoms with Gasteiger partial charge in [-0.15, -0.1) is 0 Å². The molecule has 0 aliphatic rings. The quantitative estimate of drug-likeness (QED) is 0.725. The second-order valence-corrected chi connectivity index (χ2v) is 6.80. The van der Waals surface area contributed by atoms with Gasteiger partial charge in [-0.05, 0) is 49.4 Å². The Hall–Kier alpha value is -0.760. The smallest absolute Gasteiger partial charge is 0.173 e. The minimum atomic E-state index is 0.258. The van der Waals surface area contributed by atoms with Gasteiger partial charge in [-0.1, -0.05) is 26.8 Å². The highest BCUT2D eigenvalue weighted by atomic mass is 32.2. The van der Waals surface area contributed by atoms with Crippen molar-refractivity contribution in [2.24, 2.45) is 5.92 Å². The maximum Gasteiger partial charge on any atom is 0.173 e. The molecule has 1 rings (SSSR count). The van der Waals surface area contributed by atoms with Crippen LogP contribution in [-0.4, -0.2) is 16.8 Å². The summed E-state index contributed by atoms with van der Waals surface area (Å²) in [6.07, 6.45) is 0. The molecule has 18 heavy (non-hydrogen) atoms. The minimum Gasteiger partial charge on any atom is -0.293 e. The third-order valence-electron chi connectivity index (χ3n) is 3.56. The highest BCUT2D eigenvalue weighted by Crippen LogP contribution is 2.22. The van der Waals surface area contributed by atoms with Gasteiger partial charge >= 0.3 is 0 Å². The van der Waals surface area contributed by atoms with E-state index in [1.165, 1.54) is 11.1 Å². The van der Waals surface area contributed by atoms with Crippen LogP contribution in [0.3, 0.4) is 0 Å². The Bertz CT molecular complexity index is 435. The van der Waals surface area contributed by atoms with E-state index < -0.39 is 0 Å². The van der Waals surface area contributed by atoms with E-state index in [1.54, 1.807) is 11.8 Å². The SMILES string of the molecule is Cc1cc(C)c(C(=O)CSC(C)C(C)C)cc1C. The van der Waals surface area contributed by atoms with Crippen LogP contribution in [0.4, 0.5) is 0 Å². The minimum absolute atomic E-state index is 0.258. The second-order valence-electron chi connectivity index (χ2n) is 5.43. The second kappa shape index (κ2) is 6.42. The molecular weight excluding hydrogens is 240 g/mol. The van der Waals surface area contributed by atoms with Crippen LogP contribution in [-0.2, 0) is 0 Å². The molecule has 1 aromatic rings. The first kappa shape index (κ1) is 15.3. The zero-order valence-corrected chi connectivity index (χ0v) is 13.1. The van der Waals surface area contributed by atoms with Gasteiger partial charge in [-0.3, -0.25) is 4.79 Å². The topological polar surface area (TPSA) is 17.1 Å². The molecule has 1 unspecified atom stereocenters. The van der Waals surface area contributed by atoms with E-state index in [1.807, 2.05) is 13.0 Å². The standard InChI is InChI=1S/C16H24OS/c1-10(2)14(6)18-9-16(17)15-8-12(4)11(3)7-13(15)5/h7-8,10,14H,9H2,1-6H3.